The van der Waals surface area contributed by atoms with Gasteiger partial charge in [-0.25, -0.2) is 13.1 Å². The van der Waals surface area contributed by atoms with Crippen molar-refractivity contribution in [2.24, 2.45) is 5.92 Å². The van der Waals surface area contributed by atoms with Crippen molar-refractivity contribution >= 4 is 16.0 Å². The molecule has 0 amide bonds. The van der Waals surface area contributed by atoms with Crippen LogP contribution in [0.5, 0.6) is 0 Å². The maximum atomic E-state index is 13.1. The van der Waals surface area contributed by atoms with Gasteiger partial charge >= 0.3 is 5.97 Å². The predicted molar refractivity (Wildman–Crippen MR) is 170 cm³/mol. The zero-order valence-electron chi connectivity index (χ0n) is 26.4. The Morgan fingerprint density at radius 2 is 1.60 bits per heavy atom. The molecule has 2 aliphatic rings. The van der Waals surface area contributed by atoms with Gasteiger partial charge in [0.25, 0.3) is 0 Å². The average molecular weight is 637 g/mol. The van der Waals surface area contributed by atoms with Crippen LogP contribution < -0.4 is 4.72 Å². The van der Waals surface area contributed by atoms with Crippen LogP contribution in [0.4, 0.5) is 0 Å². The molecule has 2 fully saturated rings. The number of sulfonamides is 1. The van der Waals surface area contributed by atoms with Crippen molar-refractivity contribution in [2.45, 2.75) is 88.7 Å². The lowest BCUT2D eigenvalue weighted by atomic mass is 9.90. The number of nitrogens with one attached hydrogen (secondary N) is 1. The summed E-state index contributed by atoms with van der Waals surface area (Å²) in [4.78, 5) is 15.5. The zero-order valence-corrected chi connectivity index (χ0v) is 27.2. The van der Waals surface area contributed by atoms with E-state index in [4.69, 9.17) is 14.2 Å². The van der Waals surface area contributed by atoms with Gasteiger partial charge < -0.3 is 19.3 Å². The standard InChI is InChI=1S/C35H44N2O7S/c1-24-31(22-37-20-8-11-30(37)33(39)44-35(2,3)4)42-34(43-32(24)27-16-14-26(23-38)15-17-27)28-18-12-25(13-19-28)21-36-45(40,41)29-9-6-5-7-10-29/h5-7,9-10,12-19,24,30-32,34,36,38H,8,11,20-23H2,1-4H3/t24-,30+,31+,32+,34+/m1/s1. The fourth-order valence-corrected chi connectivity index (χ4v) is 6.93. The van der Waals surface area contributed by atoms with Crippen LogP contribution in [0.25, 0.3) is 0 Å². The van der Waals surface area contributed by atoms with Gasteiger partial charge in [-0.1, -0.05) is 73.7 Å². The topological polar surface area (TPSA) is 114 Å². The summed E-state index contributed by atoms with van der Waals surface area (Å²) in [7, 11) is -3.63. The number of likely N-dealkylation sites (tertiary alicyclic amines) is 1. The quantitative estimate of drug-likeness (QED) is 0.290. The number of ether oxygens (including phenoxy) is 3. The molecule has 10 heteroatoms. The minimum atomic E-state index is -3.63. The molecule has 3 aromatic rings. The third-order valence-corrected chi connectivity index (χ3v) is 9.77. The molecule has 2 saturated heterocycles. The summed E-state index contributed by atoms with van der Waals surface area (Å²) in [5.74, 6) is -0.237. The van der Waals surface area contributed by atoms with Crippen molar-refractivity contribution in [1.82, 2.24) is 9.62 Å². The van der Waals surface area contributed by atoms with Gasteiger partial charge in [-0.2, -0.15) is 0 Å². The third-order valence-electron chi connectivity index (χ3n) is 8.35. The van der Waals surface area contributed by atoms with Crippen LogP contribution in [0.1, 0.15) is 75.2 Å². The predicted octanol–water partition coefficient (Wildman–Crippen LogP) is 5.25. The molecule has 2 heterocycles. The summed E-state index contributed by atoms with van der Waals surface area (Å²) < 4.78 is 46.9. The van der Waals surface area contributed by atoms with E-state index < -0.39 is 21.9 Å². The summed E-state index contributed by atoms with van der Waals surface area (Å²) in [6, 6.07) is 23.3. The molecule has 5 rings (SSSR count). The van der Waals surface area contributed by atoms with E-state index in [-0.39, 0.29) is 48.2 Å². The molecule has 0 saturated carbocycles. The second-order valence-electron chi connectivity index (χ2n) is 12.9. The van der Waals surface area contributed by atoms with E-state index in [1.807, 2.05) is 69.3 Å². The first-order valence-electron chi connectivity index (χ1n) is 15.5. The summed E-state index contributed by atoms with van der Waals surface area (Å²) in [5.41, 5.74) is 2.85. The molecule has 242 valence electrons. The second kappa shape index (κ2) is 14.1. The Bertz CT molecular complexity index is 1520. The smallest absolute Gasteiger partial charge is 0.323 e. The van der Waals surface area contributed by atoms with Crippen molar-refractivity contribution < 1.29 is 32.5 Å². The van der Waals surface area contributed by atoms with Gasteiger partial charge in [0, 0.05) is 24.6 Å². The minimum absolute atomic E-state index is 0.0345. The third kappa shape index (κ3) is 8.38. The van der Waals surface area contributed by atoms with Crippen LogP contribution in [-0.4, -0.2) is 55.2 Å². The Morgan fingerprint density at radius 1 is 0.956 bits per heavy atom. The Kier molecular flexibility index (Phi) is 10.4. The van der Waals surface area contributed by atoms with E-state index in [1.54, 1.807) is 30.3 Å². The molecule has 2 aliphatic heterocycles. The maximum absolute atomic E-state index is 13.1. The van der Waals surface area contributed by atoms with Crippen LogP contribution >= 0.6 is 0 Å². The monoisotopic (exact) mass is 636 g/mol. The van der Waals surface area contributed by atoms with E-state index in [0.29, 0.717) is 6.54 Å². The largest absolute Gasteiger partial charge is 0.459 e. The molecule has 9 nitrogen and oxygen atoms in total. The van der Waals surface area contributed by atoms with Gasteiger partial charge in [0.1, 0.15) is 11.6 Å². The Balaban J connectivity index is 1.33. The number of nitrogens with zero attached hydrogens (tertiary/aromatic N) is 1. The summed E-state index contributed by atoms with van der Waals surface area (Å²) in [5, 5.41) is 9.55. The number of aliphatic hydroxyl groups is 1. The fourth-order valence-electron chi connectivity index (χ4n) is 5.89. The van der Waals surface area contributed by atoms with Crippen LogP contribution in [0.3, 0.4) is 0 Å². The van der Waals surface area contributed by atoms with E-state index in [9.17, 15) is 18.3 Å². The highest BCUT2D eigenvalue weighted by atomic mass is 32.2. The first-order valence-corrected chi connectivity index (χ1v) is 17.0. The molecule has 0 spiro atoms. The first kappa shape index (κ1) is 33.2. The van der Waals surface area contributed by atoms with Gasteiger partial charge in [0.15, 0.2) is 6.29 Å². The first-order chi connectivity index (χ1) is 21.4. The zero-order chi connectivity index (χ0) is 32.2. The van der Waals surface area contributed by atoms with Gasteiger partial charge in [-0.05, 0) is 69.0 Å². The molecule has 5 atom stereocenters. The fraction of sp³-hybridized carbons (Fsp3) is 0.457. The molecule has 0 aliphatic carbocycles. The molecule has 0 radical (unpaired) electrons. The van der Waals surface area contributed by atoms with Crippen molar-refractivity contribution in [2.75, 3.05) is 13.1 Å². The normalized spacial score (nSPS) is 24.4. The van der Waals surface area contributed by atoms with Crippen molar-refractivity contribution in [3.8, 4) is 0 Å². The highest BCUT2D eigenvalue weighted by molar-refractivity contribution is 7.89. The van der Waals surface area contributed by atoms with Crippen LogP contribution in [-0.2, 0) is 42.2 Å². The lowest BCUT2D eigenvalue weighted by molar-refractivity contribution is -0.276. The molecule has 0 unspecified atom stereocenters. The van der Waals surface area contributed by atoms with Crippen molar-refractivity contribution in [1.29, 1.82) is 0 Å². The number of rotatable bonds is 10. The highest BCUT2D eigenvalue weighted by Gasteiger charge is 2.42. The number of hydrogen-bond donors (Lipinski definition) is 2. The SMILES string of the molecule is C[C@@H]1[C@H](CN2CCC[C@H]2C(=O)OC(C)(C)C)O[C@H](c2ccc(CNS(=O)(=O)c3ccccc3)cc2)O[C@@H]1c1ccc(CO)cc1. The average Bonchev–Trinajstić information content (AvgIpc) is 3.49. The second-order valence-corrected chi connectivity index (χ2v) is 14.7. The number of carbonyl (C=O) groups excluding carboxylic acids is 1. The molecule has 45 heavy (non-hydrogen) atoms. The van der Waals surface area contributed by atoms with E-state index in [1.165, 1.54) is 0 Å². The Morgan fingerprint density at radius 3 is 2.24 bits per heavy atom. The van der Waals surface area contributed by atoms with Crippen LogP contribution in [0.2, 0.25) is 0 Å². The number of hydrogen-bond acceptors (Lipinski definition) is 8. The Hall–Kier alpha value is -3.12. The number of benzene rings is 3. The lowest BCUT2D eigenvalue weighted by Gasteiger charge is -2.43. The molecule has 0 bridgehead atoms. The van der Waals surface area contributed by atoms with Gasteiger partial charge in [0.05, 0.1) is 23.7 Å². The van der Waals surface area contributed by atoms with E-state index >= 15 is 0 Å². The van der Waals surface area contributed by atoms with E-state index in [2.05, 4.69) is 16.5 Å². The highest BCUT2D eigenvalue weighted by Crippen LogP contribution is 2.42. The maximum Gasteiger partial charge on any atom is 0.323 e. The van der Waals surface area contributed by atoms with Gasteiger partial charge in [0.2, 0.25) is 10.0 Å². The van der Waals surface area contributed by atoms with Crippen molar-refractivity contribution in [3.05, 3.63) is 101 Å². The number of aliphatic hydroxyl groups excluding tert-OH is 1. The molecule has 2 N–H and O–H groups in total. The van der Waals surface area contributed by atoms with Crippen LogP contribution in [0.15, 0.2) is 83.8 Å². The lowest BCUT2D eigenvalue weighted by Crippen LogP contribution is -2.48. The molecule has 3 aromatic carbocycles. The Labute approximate surface area is 266 Å². The molecular weight excluding hydrogens is 592 g/mol. The van der Waals surface area contributed by atoms with Crippen LogP contribution in [0, 0.1) is 5.92 Å². The summed E-state index contributed by atoms with van der Waals surface area (Å²) in [6.45, 7) is 9.19. The molecule has 0 aromatic heterocycles. The minimum Gasteiger partial charge on any atom is -0.459 e. The molecular formula is C35H44N2O7S. The number of carbonyl (C=O) groups is 1. The van der Waals surface area contributed by atoms with Crippen molar-refractivity contribution in [3.63, 3.8) is 0 Å². The summed E-state index contributed by atoms with van der Waals surface area (Å²) >= 11 is 0. The van der Waals surface area contributed by atoms with Gasteiger partial charge in [-0.3, -0.25) is 9.69 Å². The van der Waals surface area contributed by atoms with Gasteiger partial charge in [-0.15, -0.1) is 0 Å². The van der Waals surface area contributed by atoms with E-state index in [0.717, 1.165) is 41.6 Å². The summed E-state index contributed by atoms with van der Waals surface area (Å²) in [6.07, 6.45) is 0.448. The number of esters is 1.